The lowest BCUT2D eigenvalue weighted by Crippen LogP contribution is -2.45. The summed E-state index contributed by atoms with van der Waals surface area (Å²) in [5.74, 6) is -7.93. The van der Waals surface area contributed by atoms with Crippen LogP contribution in [0.2, 0.25) is 0 Å². The summed E-state index contributed by atoms with van der Waals surface area (Å²) in [4.78, 5) is 13.1. The smallest absolute Gasteiger partial charge is 0.253 e. The molecule has 2 heterocycles. The van der Waals surface area contributed by atoms with E-state index in [9.17, 15) is 27.5 Å². The SMILES string of the molecule is Cn1cc(-c2ccc(Cn3cc(C(=O)N[C@H]4CCCC[C@@H]4O)c4c(F)c(F)c(F)c(F)c43)cc2)cn1. The molecule has 4 aromatic rings. The van der Waals surface area contributed by atoms with Crippen molar-refractivity contribution < 1.29 is 27.5 Å². The summed E-state index contributed by atoms with van der Waals surface area (Å²) < 4.78 is 61.0. The summed E-state index contributed by atoms with van der Waals surface area (Å²) in [5, 5.41) is 16.3. The van der Waals surface area contributed by atoms with Crippen LogP contribution in [0.5, 0.6) is 0 Å². The van der Waals surface area contributed by atoms with Crippen molar-refractivity contribution in [2.24, 2.45) is 7.05 Å². The van der Waals surface area contributed by atoms with Crippen molar-refractivity contribution in [3.63, 3.8) is 0 Å². The number of carbonyl (C=O) groups excluding carboxylic acids is 1. The van der Waals surface area contributed by atoms with Gasteiger partial charge in [-0.3, -0.25) is 9.48 Å². The predicted molar refractivity (Wildman–Crippen MR) is 125 cm³/mol. The number of aliphatic hydroxyl groups is 1. The van der Waals surface area contributed by atoms with Crippen molar-refractivity contribution in [1.82, 2.24) is 19.7 Å². The zero-order valence-corrected chi connectivity index (χ0v) is 19.4. The molecule has 2 aromatic heterocycles. The number of carbonyl (C=O) groups is 1. The van der Waals surface area contributed by atoms with E-state index in [2.05, 4.69) is 10.4 Å². The number of nitrogens with zero attached hydrogens (tertiary/aromatic N) is 3. The highest BCUT2D eigenvalue weighted by atomic mass is 19.2. The van der Waals surface area contributed by atoms with Gasteiger partial charge in [0, 0.05) is 31.5 Å². The summed E-state index contributed by atoms with van der Waals surface area (Å²) in [7, 11) is 1.80. The van der Waals surface area contributed by atoms with E-state index in [-0.39, 0.29) is 12.1 Å². The number of fused-ring (bicyclic) bond motifs is 1. The second-order valence-electron chi connectivity index (χ2n) is 9.18. The number of nitrogens with one attached hydrogen (secondary N) is 1. The summed E-state index contributed by atoms with van der Waals surface area (Å²) >= 11 is 0. The van der Waals surface area contributed by atoms with E-state index >= 15 is 0 Å². The van der Waals surface area contributed by atoms with Crippen LogP contribution in [-0.4, -0.2) is 37.5 Å². The quantitative estimate of drug-likeness (QED) is 0.238. The van der Waals surface area contributed by atoms with Gasteiger partial charge in [-0.2, -0.15) is 5.10 Å². The zero-order valence-electron chi connectivity index (χ0n) is 19.4. The number of halogens is 4. The lowest BCUT2D eigenvalue weighted by Gasteiger charge is -2.28. The molecule has 1 amide bonds. The molecule has 6 nitrogen and oxygen atoms in total. The first kappa shape index (κ1) is 24.1. The minimum atomic E-state index is -1.98. The second kappa shape index (κ2) is 9.42. The van der Waals surface area contributed by atoms with Crippen LogP contribution in [-0.2, 0) is 13.6 Å². The fourth-order valence-electron chi connectivity index (χ4n) is 4.81. The Balaban J connectivity index is 1.53. The average molecular weight is 500 g/mol. The highest BCUT2D eigenvalue weighted by Gasteiger charge is 2.31. The van der Waals surface area contributed by atoms with Gasteiger partial charge >= 0.3 is 0 Å². The van der Waals surface area contributed by atoms with Crippen LogP contribution in [0, 0.1) is 23.3 Å². The van der Waals surface area contributed by atoms with Crippen molar-refractivity contribution in [2.45, 2.75) is 44.4 Å². The van der Waals surface area contributed by atoms with Gasteiger partial charge in [-0.1, -0.05) is 37.1 Å². The van der Waals surface area contributed by atoms with Crippen LogP contribution in [0.4, 0.5) is 17.6 Å². The van der Waals surface area contributed by atoms with Gasteiger partial charge in [0.25, 0.3) is 5.91 Å². The third kappa shape index (κ3) is 4.26. The Morgan fingerprint density at radius 3 is 2.36 bits per heavy atom. The van der Waals surface area contributed by atoms with Crippen molar-refractivity contribution in [1.29, 1.82) is 0 Å². The third-order valence-corrected chi connectivity index (χ3v) is 6.72. The van der Waals surface area contributed by atoms with Gasteiger partial charge in [0.15, 0.2) is 23.3 Å². The molecule has 0 aliphatic heterocycles. The first-order valence-corrected chi connectivity index (χ1v) is 11.7. The molecule has 0 radical (unpaired) electrons. The number of amides is 1. The molecular formula is C26H24F4N4O2. The average Bonchev–Trinajstić information content (AvgIpc) is 3.47. The summed E-state index contributed by atoms with van der Waals surface area (Å²) in [6.45, 7) is -0.0232. The Morgan fingerprint density at radius 2 is 1.69 bits per heavy atom. The van der Waals surface area contributed by atoms with Gasteiger partial charge in [0.05, 0.1) is 34.8 Å². The minimum absolute atomic E-state index is 0.0232. The van der Waals surface area contributed by atoms with Gasteiger partial charge in [0.2, 0.25) is 0 Å². The Morgan fingerprint density at radius 1 is 1.00 bits per heavy atom. The Labute approximate surface area is 204 Å². The number of hydrogen-bond donors (Lipinski definition) is 2. The topological polar surface area (TPSA) is 72.1 Å². The van der Waals surface area contributed by atoms with Crippen LogP contribution < -0.4 is 5.32 Å². The van der Waals surface area contributed by atoms with Crippen molar-refractivity contribution in [3.05, 3.63) is 77.3 Å². The standard InChI is InChI=1S/C26H24F4N4O2/c1-33-12-16(10-31-33)15-8-6-14(7-9-15)11-34-13-17(26(36)32-18-4-2-3-5-19(18)35)20-21(27)22(28)23(29)24(30)25(20)34/h6-10,12-13,18-19,35H,2-5,11H2,1H3,(H,32,36)/t18-,19-/m0/s1. The molecule has 0 bridgehead atoms. The molecule has 2 aromatic carbocycles. The molecule has 0 unspecified atom stereocenters. The van der Waals surface area contributed by atoms with Crippen LogP contribution in [0.15, 0.2) is 42.9 Å². The molecule has 10 heteroatoms. The maximum absolute atomic E-state index is 14.9. The van der Waals surface area contributed by atoms with Crippen LogP contribution >= 0.6 is 0 Å². The molecule has 1 aliphatic rings. The summed E-state index contributed by atoms with van der Waals surface area (Å²) in [5.41, 5.74) is 1.58. The Kier molecular flexibility index (Phi) is 6.29. The lowest BCUT2D eigenvalue weighted by atomic mass is 9.92. The largest absolute Gasteiger partial charge is 0.391 e. The number of aliphatic hydroxyl groups excluding tert-OH is 1. The van der Waals surface area contributed by atoms with Gasteiger partial charge in [-0.05, 0) is 24.0 Å². The van der Waals surface area contributed by atoms with E-state index < -0.39 is 52.2 Å². The number of hydrogen-bond acceptors (Lipinski definition) is 3. The van der Waals surface area contributed by atoms with Crippen molar-refractivity contribution in [2.75, 3.05) is 0 Å². The number of aryl methyl sites for hydroxylation is 1. The molecule has 5 rings (SSSR count). The van der Waals surface area contributed by atoms with Gasteiger partial charge in [0.1, 0.15) is 0 Å². The fourth-order valence-corrected chi connectivity index (χ4v) is 4.81. The number of rotatable bonds is 5. The molecule has 1 saturated carbocycles. The second-order valence-corrected chi connectivity index (χ2v) is 9.18. The Bertz CT molecular complexity index is 1440. The predicted octanol–water partition coefficient (Wildman–Crippen LogP) is 4.68. The molecular weight excluding hydrogens is 476 g/mol. The number of benzene rings is 2. The highest BCUT2D eigenvalue weighted by Crippen LogP contribution is 2.32. The van der Waals surface area contributed by atoms with Gasteiger partial charge in [-0.25, -0.2) is 17.6 Å². The minimum Gasteiger partial charge on any atom is -0.391 e. The molecule has 2 N–H and O–H groups in total. The lowest BCUT2D eigenvalue weighted by molar-refractivity contribution is 0.0718. The number of aromatic nitrogens is 3. The maximum atomic E-state index is 14.9. The van der Waals surface area contributed by atoms with E-state index in [4.69, 9.17) is 0 Å². The molecule has 0 spiro atoms. The van der Waals surface area contributed by atoms with Crippen LogP contribution in [0.3, 0.4) is 0 Å². The molecule has 1 fully saturated rings. The molecule has 2 atom stereocenters. The third-order valence-electron chi connectivity index (χ3n) is 6.72. The van der Waals surface area contributed by atoms with Crippen molar-refractivity contribution in [3.8, 4) is 11.1 Å². The first-order chi connectivity index (χ1) is 17.2. The Hall–Kier alpha value is -3.66. The molecule has 0 saturated heterocycles. The van der Waals surface area contributed by atoms with Crippen LogP contribution in [0.1, 0.15) is 41.6 Å². The molecule has 36 heavy (non-hydrogen) atoms. The molecule has 1 aliphatic carbocycles. The van der Waals surface area contributed by atoms with E-state index in [0.717, 1.165) is 24.0 Å². The van der Waals surface area contributed by atoms with E-state index in [1.54, 1.807) is 30.1 Å². The van der Waals surface area contributed by atoms with Gasteiger partial charge < -0.3 is 15.0 Å². The van der Waals surface area contributed by atoms with Crippen LogP contribution in [0.25, 0.3) is 22.0 Å². The normalized spacial score (nSPS) is 18.1. The van der Waals surface area contributed by atoms with E-state index in [1.807, 2.05) is 18.3 Å². The highest BCUT2D eigenvalue weighted by molar-refractivity contribution is 6.07. The first-order valence-electron chi connectivity index (χ1n) is 11.7. The fraction of sp³-hybridized carbons (Fsp3) is 0.308. The summed E-state index contributed by atoms with van der Waals surface area (Å²) in [6, 6.07) is 6.62. The van der Waals surface area contributed by atoms with Gasteiger partial charge in [-0.15, -0.1) is 0 Å². The maximum Gasteiger partial charge on any atom is 0.253 e. The molecule has 188 valence electrons. The van der Waals surface area contributed by atoms with Crippen molar-refractivity contribution >= 4 is 16.8 Å². The van der Waals surface area contributed by atoms with E-state index in [1.165, 1.54) is 10.8 Å². The monoisotopic (exact) mass is 500 g/mol. The summed E-state index contributed by atoms with van der Waals surface area (Å²) in [6.07, 6.45) is 6.61. The zero-order chi connectivity index (χ0) is 25.6. The van der Waals surface area contributed by atoms with E-state index in [0.29, 0.717) is 18.4 Å².